The van der Waals surface area contributed by atoms with Crippen LogP contribution in [-0.2, 0) is 61.4 Å². The molecule has 16 heteroatoms. The lowest BCUT2D eigenvalue weighted by molar-refractivity contribution is -0.311. The molecular weight excluding hydrogens is 803 g/mol. The molecule has 7 heterocycles. The number of allylic oxidation sites excluding steroid dienone is 1. The van der Waals surface area contributed by atoms with Crippen LogP contribution in [0.25, 0.3) is 0 Å². The maximum Gasteiger partial charge on any atom is 0.536 e. The third-order valence-electron chi connectivity index (χ3n) is 15.5. The maximum atomic E-state index is 15.0. The summed E-state index contributed by atoms with van der Waals surface area (Å²) in [5.41, 5.74) is -1.65. The first-order valence-electron chi connectivity index (χ1n) is 23.8. The van der Waals surface area contributed by atoms with E-state index in [1.165, 1.54) is 0 Å². The second kappa shape index (κ2) is 18.6. The Balaban J connectivity index is 1.34. The third kappa shape index (κ3) is 9.16. The van der Waals surface area contributed by atoms with Gasteiger partial charge in [0.25, 0.3) is 0 Å². The molecular formula is C46H74BO15-. The van der Waals surface area contributed by atoms with Crippen molar-refractivity contribution in [2.45, 2.75) is 237 Å². The molecule has 3 spiro atoms. The molecule has 0 aliphatic carbocycles. The van der Waals surface area contributed by atoms with Gasteiger partial charge in [0.15, 0.2) is 23.8 Å². The zero-order valence-electron chi connectivity index (χ0n) is 38.5. The van der Waals surface area contributed by atoms with E-state index in [1.807, 2.05) is 60.6 Å². The number of rotatable bonds is 6. The van der Waals surface area contributed by atoms with Gasteiger partial charge in [0.05, 0.1) is 36.6 Å². The van der Waals surface area contributed by atoms with Crippen molar-refractivity contribution in [2.24, 2.45) is 22.7 Å². The van der Waals surface area contributed by atoms with E-state index in [0.29, 0.717) is 70.6 Å². The molecule has 7 aliphatic heterocycles. The zero-order valence-corrected chi connectivity index (χ0v) is 38.5. The highest BCUT2D eigenvalue weighted by Crippen LogP contribution is 2.57. The fraction of sp³-hybridized carbons (Fsp3) is 0.891. The molecule has 7 rings (SSSR count). The Kier molecular flexibility index (Phi) is 14.4. The van der Waals surface area contributed by atoms with E-state index in [1.54, 1.807) is 6.92 Å². The smallest absolute Gasteiger partial charge is 0.504 e. The molecule has 62 heavy (non-hydrogen) atoms. The van der Waals surface area contributed by atoms with Crippen LogP contribution in [0.2, 0.25) is 0 Å². The molecule has 2 N–H and O–H groups in total. The van der Waals surface area contributed by atoms with Gasteiger partial charge in [-0.2, -0.15) is 0 Å². The summed E-state index contributed by atoms with van der Waals surface area (Å²) in [6.07, 6.45) is 2.98. The first-order valence-corrected chi connectivity index (χ1v) is 23.8. The van der Waals surface area contributed by atoms with Crippen LogP contribution < -0.4 is 0 Å². The predicted molar refractivity (Wildman–Crippen MR) is 224 cm³/mol. The molecule has 1 unspecified atom stereocenters. The first kappa shape index (κ1) is 47.8. The molecule has 352 valence electrons. The van der Waals surface area contributed by atoms with E-state index in [4.69, 9.17) is 47.0 Å². The van der Waals surface area contributed by atoms with Crippen LogP contribution in [0.5, 0.6) is 0 Å². The van der Waals surface area contributed by atoms with Crippen LogP contribution in [0.15, 0.2) is 12.2 Å². The van der Waals surface area contributed by atoms with Crippen molar-refractivity contribution in [3.63, 3.8) is 0 Å². The number of hydrogen-bond donors (Lipinski definition) is 2. The van der Waals surface area contributed by atoms with E-state index in [0.717, 1.165) is 12.8 Å². The summed E-state index contributed by atoms with van der Waals surface area (Å²) in [5.74, 6) is -6.73. The molecule has 0 aromatic carbocycles. The van der Waals surface area contributed by atoms with Crippen molar-refractivity contribution in [3.8, 4) is 0 Å². The normalized spacial score (nSPS) is 45.7. The Labute approximate surface area is 367 Å². The molecule has 0 aromatic rings. The van der Waals surface area contributed by atoms with Crippen LogP contribution in [0.1, 0.15) is 159 Å². The molecule has 6 fully saturated rings. The molecule has 0 amide bonds. The maximum absolute atomic E-state index is 15.0. The Morgan fingerprint density at radius 3 is 1.98 bits per heavy atom. The number of esters is 3. The van der Waals surface area contributed by atoms with Gasteiger partial charge >= 0.3 is 24.9 Å². The van der Waals surface area contributed by atoms with E-state index in [-0.39, 0.29) is 18.9 Å². The molecule has 0 aromatic heterocycles. The standard InChI is InChI=1S/C46H74BO15/c1-10-11-13-21-38(50)54-29(4)32-18-14-12-15-19-34(48)43(6,7)36-24-22-28(3)46(57-36)40-42(52)56-33-26-31(53-30(33)5)17-16-20-35(49)44(8,9)37-25-23-27(2)45(58-37)39(41(51)55-32)59-47(60-40,61-45)62-46/h12,14,27-37,39-40,48-49H,10-11,13,15-26H2,1-9H3/q-1/b14-12-/t27-,28-,29-,30-,31-,32+,33+,34+,35-,36+,37+,39+,40+,45+,46+,47?/m1/s1. The predicted octanol–water partition coefficient (Wildman–Crippen LogP) is 6.49. The molecule has 16 atom stereocenters. The van der Waals surface area contributed by atoms with Crippen LogP contribution >= 0.6 is 0 Å². The van der Waals surface area contributed by atoms with Gasteiger partial charge in [0, 0.05) is 41.9 Å². The highest BCUT2D eigenvalue weighted by Gasteiger charge is 2.73. The fourth-order valence-electron chi connectivity index (χ4n) is 10.8. The second-order valence-electron chi connectivity index (χ2n) is 20.6. The van der Waals surface area contributed by atoms with Gasteiger partial charge in [-0.3, -0.25) is 4.79 Å². The van der Waals surface area contributed by atoms with Crippen LogP contribution in [0, 0.1) is 22.7 Å². The van der Waals surface area contributed by atoms with Gasteiger partial charge in [0.1, 0.15) is 18.3 Å². The number of aliphatic hydroxyl groups is 2. The molecule has 0 radical (unpaired) electrons. The van der Waals surface area contributed by atoms with Gasteiger partial charge in [0.2, 0.25) is 0 Å². The molecule has 6 saturated heterocycles. The summed E-state index contributed by atoms with van der Waals surface area (Å²) in [6.45, 7) is 13.7. The number of carbonyl (C=O) groups excluding carboxylic acids is 3. The zero-order chi connectivity index (χ0) is 44.8. The number of ether oxygens (including phenoxy) is 6. The van der Waals surface area contributed by atoms with Crippen molar-refractivity contribution < 1.29 is 71.6 Å². The molecule has 15 nitrogen and oxygen atoms in total. The van der Waals surface area contributed by atoms with Gasteiger partial charge in [-0.25, -0.2) is 9.59 Å². The number of aliphatic hydroxyl groups excluding tert-OH is 2. The minimum Gasteiger partial charge on any atom is -0.504 e. The van der Waals surface area contributed by atoms with Crippen molar-refractivity contribution in [3.05, 3.63) is 12.2 Å². The van der Waals surface area contributed by atoms with Crippen molar-refractivity contribution in [1.29, 1.82) is 0 Å². The fourth-order valence-corrected chi connectivity index (χ4v) is 10.8. The number of unbranched alkanes of at least 4 members (excludes halogenated alkanes) is 2. The highest BCUT2D eigenvalue weighted by atomic mass is 17.0. The van der Waals surface area contributed by atoms with E-state index >= 15 is 4.79 Å². The average molecular weight is 878 g/mol. The Bertz CT molecular complexity index is 1640. The van der Waals surface area contributed by atoms with Gasteiger partial charge in [-0.1, -0.05) is 73.5 Å². The lowest BCUT2D eigenvalue weighted by Gasteiger charge is -2.52. The quantitative estimate of drug-likeness (QED) is 0.0970. The molecule has 9 bridgehead atoms. The number of hydrogen-bond acceptors (Lipinski definition) is 15. The number of carbonyl (C=O) groups is 3. The van der Waals surface area contributed by atoms with E-state index in [2.05, 4.69) is 6.92 Å². The highest BCUT2D eigenvalue weighted by molar-refractivity contribution is 6.56. The number of fused-ring (bicyclic) bond motifs is 6. The van der Waals surface area contributed by atoms with Crippen LogP contribution in [0.3, 0.4) is 0 Å². The van der Waals surface area contributed by atoms with Gasteiger partial charge < -0.3 is 57.3 Å². The monoisotopic (exact) mass is 878 g/mol. The molecule has 0 saturated carbocycles. The van der Waals surface area contributed by atoms with E-state index < -0.39 is 120 Å². The van der Waals surface area contributed by atoms with Gasteiger partial charge in [-0.05, 0) is 78.1 Å². The van der Waals surface area contributed by atoms with Crippen molar-refractivity contribution in [2.75, 3.05) is 0 Å². The SMILES string of the molecule is CCCCCC(=O)O[C@H](C)[C@@H]1C/C=C\CC[C@H](O)C(C)(C)[C@@H]2CC[C@@H](C)[C@]3(O2)O[B-]24O[C@@H](C(=O)O1)[C@@]1(O[C@@H](CC[C@H]1C)C(C)(C)[C@H](O)CCC[C@@H]1C[C@H](OC(=O)[C@@H]3O2)[C@@H](C)O1)O4. The van der Waals surface area contributed by atoms with Crippen LogP contribution in [-0.4, -0.2) is 114 Å². The average Bonchev–Trinajstić information content (AvgIpc) is 3.84. The second-order valence-corrected chi connectivity index (χ2v) is 20.6. The Morgan fingerprint density at radius 2 is 1.39 bits per heavy atom. The topological polar surface area (TPSA) is 184 Å². The largest absolute Gasteiger partial charge is 0.536 e. The molecule has 7 aliphatic rings. The van der Waals surface area contributed by atoms with Gasteiger partial charge in [-0.15, -0.1) is 0 Å². The summed E-state index contributed by atoms with van der Waals surface area (Å²) >= 11 is 0. The Hall–Kier alpha value is -2.15. The third-order valence-corrected chi connectivity index (χ3v) is 15.5. The summed E-state index contributed by atoms with van der Waals surface area (Å²) in [4.78, 5) is 42.8. The Morgan fingerprint density at radius 1 is 0.806 bits per heavy atom. The summed E-state index contributed by atoms with van der Waals surface area (Å²) in [6, 6.07) is 0. The number of cyclic esters (lactones) is 1. The van der Waals surface area contributed by atoms with Crippen LogP contribution in [0.4, 0.5) is 0 Å². The minimum absolute atomic E-state index is 0.183. The van der Waals surface area contributed by atoms with Crippen molar-refractivity contribution in [1.82, 2.24) is 0 Å². The first-order chi connectivity index (χ1) is 29.3. The van der Waals surface area contributed by atoms with E-state index in [9.17, 15) is 19.8 Å². The minimum atomic E-state index is -3.51. The lowest BCUT2D eigenvalue weighted by Crippen LogP contribution is -2.61. The summed E-state index contributed by atoms with van der Waals surface area (Å²) in [5, 5.41) is 23.6. The summed E-state index contributed by atoms with van der Waals surface area (Å²) in [7, 11) is 0. The summed E-state index contributed by atoms with van der Waals surface area (Å²) < 4.78 is 66.2. The van der Waals surface area contributed by atoms with Crippen molar-refractivity contribution >= 4 is 24.9 Å². The lowest BCUT2D eigenvalue weighted by atomic mass is 9.73.